The van der Waals surface area contributed by atoms with Gasteiger partial charge in [0.15, 0.2) is 0 Å². The van der Waals surface area contributed by atoms with E-state index in [-0.39, 0.29) is 5.57 Å². The van der Waals surface area contributed by atoms with Gasteiger partial charge in [0.1, 0.15) is 5.57 Å². The molecule has 1 fully saturated rings. The molecule has 0 spiro atoms. The van der Waals surface area contributed by atoms with Gasteiger partial charge in [-0.25, -0.2) is 9.59 Å². The molecule has 0 amide bonds. The van der Waals surface area contributed by atoms with Crippen LogP contribution in [0.25, 0.3) is 17.2 Å². The Bertz CT molecular complexity index is 828. The van der Waals surface area contributed by atoms with Gasteiger partial charge in [-0.15, -0.1) is 11.8 Å². The predicted octanol–water partition coefficient (Wildman–Crippen LogP) is 4.30. The van der Waals surface area contributed by atoms with E-state index in [1.54, 1.807) is 11.8 Å². The summed E-state index contributed by atoms with van der Waals surface area (Å²) in [7, 11) is 0. The average Bonchev–Trinajstić information content (AvgIpc) is 2.58. The van der Waals surface area contributed by atoms with Crippen molar-refractivity contribution < 1.29 is 19.1 Å². The lowest BCUT2D eigenvalue weighted by Crippen LogP contribution is -2.41. The average molecular weight is 354 g/mol. The molecule has 0 aliphatic carbocycles. The molecular formula is C20H18O4S. The topological polar surface area (TPSA) is 52.6 Å². The molecule has 128 valence electrons. The first-order valence-corrected chi connectivity index (χ1v) is 9.03. The molecule has 0 aromatic heterocycles. The highest BCUT2D eigenvalue weighted by molar-refractivity contribution is 7.98. The number of esters is 2. The molecule has 4 nitrogen and oxygen atoms in total. The van der Waals surface area contributed by atoms with Crippen LogP contribution in [0, 0.1) is 0 Å². The largest absolute Gasteiger partial charge is 0.419 e. The van der Waals surface area contributed by atoms with E-state index in [0.29, 0.717) is 0 Å². The molecule has 0 atom stereocenters. The molecule has 1 aliphatic rings. The normalized spacial score (nSPS) is 16.2. The van der Waals surface area contributed by atoms with Crippen molar-refractivity contribution in [1.29, 1.82) is 0 Å². The SMILES string of the molecule is CSc1ccc(-c2cccc(C=C3C(=O)OC(C)(C)OC3=O)c2)cc1. The van der Waals surface area contributed by atoms with E-state index in [1.165, 1.54) is 24.8 Å². The fraction of sp³-hybridized carbons (Fsp3) is 0.200. The molecule has 0 saturated carbocycles. The number of hydrogen-bond donors (Lipinski definition) is 0. The molecule has 2 aromatic rings. The Morgan fingerprint density at radius 1 is 0.920 bits per heavy atom. The molecular weight excluding hydrogens is 336 g/mol. The van der Waals surface area contributed by atoms with Crippen molar-refractivity contribution in [2.24, 2.45) is 0 Å². The first-order valence-electron chi connectivity index (χ1n) is 7.81. The molecule has 0 N–H and O–H groups in total. The highest BCUT2D eigenvalue weighted by atomic mass is 32.2. The first kappa shape index (κ1) is 17.3. The zero-order valence-corrected chi connectivity index (χ0v) is 15.1. The summed E-state index contributed by atoms with van der Waals surface area (Å²) in [5.74, 6) is -2.57. The fourth-order valence-electron chi connectivity index (χ4n) is 2.54. The molecule has 0 bridgehead atoms. The van der Waals surface area contributed by atoms with Crippen LogP contribution in [0.15, 0.2) is 59.0 Å². The van der Waals surface area contributed by atoms with Crippen molar-refractivity contribution in [1.82, 2.24) is 0 Å². The van der Waals surface area contributed by atoms with Crippen molar-refractivity contribution in [2.45, 2.75) is 24.5 Å². The van der Waals surface area contributed by atoms with E-state index in [0.717, 1.165) is 16.7 Å². The molecule has 0 radical (unpaired) electrons. The van der Waals surface area contributed by atoms with Crippen LogP contribution in [0.3, 0.4) is 0 Å². The van der Waals surface area contributed by atoms with E-state index in [9.17, 15) is 9.59 Å². The number of carbonyl (C=O) groups is 2. The Morgan fingerprint density at radius 3 is 2.16 bits per heavy atom. The molecule has 3 rings (SSSR count). The minimum atomic E-state index is -1.23. The highest BCUT2D eigenvalue weighted by Gasteiger charge is 2.38. The van der Waals surface area contributed by atoms with Crippen LogP contribution in [0.1, 0.15) is 19.4 Å². The Kier molecular flexibility index (Phi) is 4.68. The van der Waals surface area contributed by atoms with E-state index >= 15 is 0 Å². The predicted molar refractivity (Wildman–Crippen MR) is 97.9 cm³/mol. The number of carbonyl (C=O) groups excluding carboxylic acids is 2. The Morgan fingerprint density at radius 2 is 1.56 bits per heavy atom. The molecule has 25 heavy (non-hydrogen) atoms. The van der Waals surface area contributed by atoms with Crippen LogP contribution in [-0.2, 0) is 19.1 Å². The summed E-state index contributed by atoms with van der Waals surface area (Å²) in [6, 6.07) is 15.8. The second-order valence-electron chi connectivity index (χ2n) is 6.09. The van der Waals surface area contributed by atoms with Crippen LogP contribution in [0.4, 0.5) is 0 Å². The monoisotopic (exact) mass is 354 g/mol. The van der Waals surface area contributed by atoms with Crippen LogP contribution >= 0.6 is 11.8 Å². The van der Waals surface area contributed by atoms with Crippen LogP contribution in [0.5, 0.6) is 0 Å². The van der Waals surface area contributed by atoms with Gasteiger partial charge in [-0.3, -0.25) is 0 Å². The minimum absolute atomic E-state index is 0.103. The zero-order valence-electron chi connectivity index (χ0n) is 14.2. The Labute approximate surface area is 150 Å². The number of rotatable bonds is 3. The lowest BCUT2D eigenvalue weighted by molar-refractivity contribution is -0.222. The first-order chi connectivity index (χ1) is 11.9. The zero-order chi connectivity index (χ0) is 18.0. The van der Waals surface area contributed by atoms with E-state index in [1.807, 2.05) is 42.7 Å². The summed E-state index contributed by atoms with van der Waals surface area (Å²) < 4.78 is 10.2. The number of hydrogen-bond acceptors (Lipinski definition) is 5. The maximum atomic E-state index is 12.1. The summed E-state index contributed by atoms with van der Waals surface area (Å²) in [4.78, 5) is 25.3. The highest BCUT2D eigenvalue weighted by Crippen LogP contribution is 2.27. The van der Waals surface area contributed by atoms with E-state index in [2.05, 4.69) is 12.1 Å². The summed E-state index contributed by atoms with van der Waals surface area (Å²) in [5.41, 5.74) is 2.69. The third-order valence-corrected chi connectivity index (χ3v) is 4.48. The lowest BCUT2D eigenvalue weighted by Gasteiger charge is -2.29. The van der Waals surface area contributed by atoms with Crippen molar-refractivity contribution in [3.8, 4) is 11.1 Å². The number of ether oxygens (including phenoxy) is 2. The Balaban J connectivity index is 1.91. The van der Waals surface area contributed by atoms with Gasteiger partial charge in [0.05, 0.1) is 0 Å². The smallest absolute Gasteiger partial charge is 0.348 e. The van der Waals surface area contributed by atoms with Crippen molar-refractivity contribution in [2.75, 3.05) is 6.26 Å². The van der Waals surface area contributed by atoms with Crippen LogP contribution < -0.4 is 0 Å². The van der Waals surface area contributed by atoms with Crippen LogP contribution in [0.2, 0.25) is 0 Å². The minimum Gasteiger partial charge on any atom is -0.419 e. The molecule has 5 heteroatoms. The van der Waals surface area contributed by atoms with Gasteiger partial charge in [-0.1, -0.05) is 30.3 Å². The van der Waals surface area contributed by atoms with Gasteiger partial charge < -0.3 is 9.47 Å². The molecule has 1 saturated heterocycles. The van der Waals surface area contributed by atoms with Crippen molar-refractivity contribution in [3.05, 3.63) is 59.7 Å². The summed E-state index contributed by atoms with van der Waals surface area (Å²) in [5, 5.41) is 0. The molecule has 0 unspecified atom stereocenters. The van der Waals surface area contributed by atoms with Gasteiger partial charge in [0.25, 0.3) is 5.79 Å². The van der Waals surface area contributed by atoms with Gasteiger partial charge in [-0.2, -0.15) is 0 Å². The van der Waals surface area contributed by atoms with Crippen molar-refractivity contribution >= 4 is 29.8 Å². The third kappa shape index (κ3) is 3.94. The third-order valence-electron chi connectivity index (χ3n) is 3.74. The standard InChI is InChI=1S/C20H18O4S/c1-20(2)23-18(21)17(19(22)24-20)12-13-5-4-6-15(11-13)14-7-9-16(25-3)10-8-14/h4-12H,1-3H3. The molecule has 1 heterocycles. The van der Waals surface area contributed by atoms with Gasteiger partial charge in [-0.05, 0) is 47.2 Å². The fourth-order valence-corrected chi connectivity index (χ4v) is 2.94. The number of thioether (sulfide) groups is 1. The van der Waals surface area contributed by atoms with Crippen LogP contribution in [-0.4, -0.2) is 24.0 Å². The van der Waals surface area contributed by atoms with Gasteiger partial charge in [0, 0.05) is 18.7 Å². The van der Waals surface area contributed by atoms with E-state index < -0.39 is 17.7 Å². The maximum absolute atomic E-state index is 12.1. The van der Waals surface area contributed by atoms with E-state index in [4.69, 9.17) is 9.47 Å². The summed E-state index contributed by atoms with van der Waals surface area (Å²) in [6.45, 7) is 3.05. The summed E-state index contributed by atoms with van der Waals surface area (Å²) >= 11 is 1.69. The molecule has 2 aromatic carbocycles. The summed E-state index contributed by atoms with van der Waals surface area (Å²) in [6.07, 6.45) is 3.53. The Hall–Kier alpha value is -2.53. The van der Waals surface area contributed by atoms with Crippen molar-refractivity contribution in [3.63, 3.8) is 0 Å². The van der Waals surface area contributed by atoms with Gasteiger partial charge in [0.2, 0.25) is 0 Å². The lowest BCUT2D eigenvalue weighted by atomic mass is 10.0. The number of benzene rings is 2. The van der Waals surface area contributed by atoms with Gasteiger partial charge >= 0.3 is 11.9 Å². The number of cyclic esters (lactones) is 2. The second-order valence-corrected chi connectivity index (χ2v) is 6.97. The maximum Gasteiger partial charge on any atom is 0.348 e. The quantitative estimate of drug-likeness (QED) is 0.356. The second kappa shape index (κ2) is 6.76. The molecule has 1 aliphatic heterocycles.